The first kappa shape index (κ1) is 23.1. The molecule has 0 saturated carbocycles. The smallest absolute Gasteiger partial charge is 0.475 e. The van der Waals surface area contributed by atoms with E-state index in [2.05, 4.69) is 39.1 Å². The van der Waals surface area contributed by atoms with Gasteiger partial charge in [-0.25, -0.2) is 9.28 Å². The Morgan fingerprint density at radius 2 is 1.87 bits per heavy atom. The second kappa shape index (κ2) is 9.29. The second-order valence-corrected chi connectivity index (χ2v) is 8.47. The average molecular weight is 494 g/mol. The van der Waals surface area contributed by atoms with Crippen molar-refractivity contribution in [2.45, 2.75) is 37.9 Å². The largest absolute Gasteiger partial charge is 0.490 e. The van der Waals surface area contributed by atoms with Crippen molar-refractivity contribution in [2.75, 3.05) is 33.4 Å². The minimum atomic E-state index is -5.08. The lowest BCUT2D eigenvalue weighted by Gasteiger charge is -2.39. The van der Waals surface area contributed by atoms with Crippen molar-refractivity contribution in [1.82, 2.24) is 4.90 Å². The SMILES string of the molecule is C[N+]12C=CN=CC1=C(C1CCN(C3CCOCC3)CC1)N=C2Br.O=C(O)C(F)(F)F. The number of aliphatic carboxylic acids is 1. The van der Waals surface area contributed by atoms with E-state index in [-0.39, 0.29) is 0 Å². The summed E-state index contributed by atoms with van der Waals surface area (Å²) < 4.78 is 38.8. The first-order chi connectivity index (χ1) is 14.1. The number of aliphatic imine (C=N–C) groups is 2. The molecule has 11 heteroatoms. The zero-order chi connectivity index (χ0) is 21.9. The molecule has 0 bridgehead atoms. The molecule has 1 atom stereocenters. The summed E-state index contributed by atoms with van der Waals surface area (Å²) in [4.78, 5) is 20.8. The predicted octanol–water partition coefficient (Wildman–Crippen LogP) is 3.49. The number of rotatable bonds is 2. The number of amidine groups is 1. The molecule has 2 fully saturated rings. The number of piperidine rings is 1. The van der Waals surface area contributed by atoms with Crippen molar-refractivity contribution in [3.8, 4) is 0 Å². The monoisotopic (exact) mass is 493 g/mol. The third-order valence-corrected chi connectivity index (χ3v) is 6.79. The molecule has 4 heterocycles. The van der Waals surface area contributed by atoms with E-state index in [1.54, 1.807) is 0 Å². The molecular formula is C19H25BrF3N4O3+. The van der Waals surface area contributed by atoms with E-state index >= 15 is 0 Å². The lowest BCUT2D eigenvalue weighted by Crippen LogP contribution is -2.44. The molecule has 4 rings (SSSR count). The number of carboxylic acid groups (broad SMARTS) is 1. The van der Waals surface area contributed by atoms with E-state index < -0.39 is 12.1 Å². The zero-order valence-electron chi connectivity index (χ0n) is 16.6. The first-order valence-corrected chi connectivity index (χ1v) is 10.6. The van der Waals surface area contributed by atoms with Gasteiger partial charge in [-0.3, -0.25) is 4.99 Å². The fraction of sp³-hybridized carbons (Fsp3) is 0.632. The molecule has 1 unspecified atom stereocenters. The maximum absolute atomic E-state index is 10.6. The molecule has 0 aromatic heterocycles. The van der Waals surface area contributed by atoms with Crippen LogP contribution in [0.4, 0.5) is 13.2 Å². The van der Waals surface area contributed by atoms with Crippen LogP contribution in [0.3, 0.4) is 0 Å². The van der Waals surface area contributed by atoms with Gasteiger partial charge in [0.25, 0.3) is 4.74 Å². The molecule has 0 aliphatic carbocycles. The van der Waals surface area contributed by atoms with Crippen molar-refractivity contribution < 1.29 is 32.3 Å². The highest BCUT2D eigenvalue weighted by atomic mass is 79.9. The van der Waals surface area contributed by atoms with Gasteiger partial charge in [0.15, 0.2) is 5.70 Å². The van der Waals surface area contributed by atoms with Crippen molar-refractivity contribution in [2.24, 2.45) is 15.9 Å². The van der Waals surface area contributed by atoms with Crippen LogP contribution in [0.1, 0.15) is 25.7 Å². The van der Waals surface area contributed by atoms with Crippen LogP contribution < -0.4 is 0 Å². The van der Waals surface area contributed by atoms with Gasteiger partial charge >= 0.3 is 12.1 Å². The number of quaternary nitrogens is 1. The van der Waals surface area contributed by atoms with E-state index in [9.17, 15) is 13.2 Å². The standard InChI is InChI=1S/C17H24BrN4O.C2HF3O2/c1-22-9-6-19-12-15(22)16(20-17(22)18)13-2-7-21(8-3-13)14-4-10-23-11-5-14;3-2(4,5)1(6)7/h6,9,12-14H,2-5,7-8,10-11H2,1H3;(H,6,7)/q+1;. The second-order valence-electron chi connectivity index (χ2n) is 7.76. The number of allylic oxidation sites excluding steroid dienone is 2. The van der Waals surface area contributed by atoms with Gasteiger partial charge in [0.05, 0.1) is 19.5 Å². The highest BCUT2D eigenvalue weighted by molar-refractivity contribution is 9.18. The summed E-state index contributed by atoms with van der Waals surface area (Å²) in [5, 5.41) is 7.12. The topological polar surface area (TPSA) is 74.5 Å². The molecule has 0 radical (unpaired) electrons. The molecule has 0 spiro atoms. The summed E-state index contributed by atoms with van der Waals surface area (Å²) in [6.45, 7) is 4.21. The molecule has 166 valence electrons. The number of nitrogens with zero attached hydrogens (tertiary/aromatic N) is 4. The van der Waals surface area contributed by atoms with Crippen LogP contribution >= 0.6 is 15.9 Å². The maximum Gasteiger partial charge on any atom is 0.490 e. The van der Waals surface area contributed by atoms with Crippen LogP contribution in [-0.2, 0) is 9.53 Å². The molecule has 30 heavy (non-hydrogen) atoms. The van der Waals surface area contributed by atoms with Gasteiger partial charge in [-0.1, -0.05) is 0 Å². The lowest BCUT2D eigenvalue weighted by molar-refractivity contribution is -0.709. The van der Waals surface area contributed by atoms with Gasteiger partial charge < -0.3 is 14.7 Å². The number of fused-ring (bicyclic) bond motifs is 1. The van der Waals surface area contributed by atoms with Crippen molar-refractivity contribution in [1.29, 1.82) is 0 Å². The Labute approximate surface area is 181 Å². The fourth-order valence-electron chi connectivity index (χ4n) is 4.10. The number of halogens is 4. The van der Waals surface area contributed by atoms with Crippen molar-refractivity contribution >= 4 is 32.9 Å². The van der Waals surface area contributed by atoms with Gasteiger partial charge in [-0.05, 0) is 38.8 Å². The third-order valence-electron chi connectivity index (χ3n) is 5.87. The molecule has 0 aromatic rings. The lowest BCUT2D eigenvalue weighted by atomic mass is 9.90. The Balaban J connectivity index is 0.000000318. The van der Waals surface area contributed by atoms with Crippen LogP contribution in [0.2, 0.25) is 0 Å². The molecule has 0 aromatic carbocycles. The van der Waals surface area contributed by atoms with E-state index in [4.69, 9.17) is 19.6 Å². The van der Waals surface area contributed by atoms with Crippen LogP contribution in [-0.4, -0.2) is 77.0 Å². The van der Waals surface area contributed by atoms with Crippen molar-refractivity contribution in [3.05, 3.63) is 23.8 Å². The number of hydrogen-bond donors (Lipinski definition) is 1. The highest BCUT2D eigenvalue weighted by Gasteiger charge is 2.43. The minimum absolute atomic E-state index is 0.548. The summed E-state index contributed by atoms with van der Waals surface area (Å²) in [6, 6.07) is 0.724. The van der Waals surface area contributed by atoms with Gasteiger partial charge in [0, 0.05) is 41.1 Å². The summed E-state index contributed by atoms with van der Waals surface area (Å²) in [7, 11) is 2.16. The average Bonchev–Trinajstić information content (AvgIpc) is 2.99. The van der Waals surface area contributed by atoms with Gasteiger partial charge in [0.1, 0.15) is 11.9 Å². The Bertz CT molecular complexity index is 782. The van der Waals surface area contributed by atoms with Crippen LogP contribution in [0.5, 0.6) is 0 Å². The number of carbonyl (C=O) groups is 1. The molecule has 4 aliphatic heterocycles. The highest BCUT2D eigenvalue weighted by Crippen LogP contribution is 2.39. The predicted molar refractivity (Wildman–Crippen MR) is 109 cm³/mol. The molecule has 2 saturated heterocycles. The van der Waals surface area contributed by atoms with Crippen LogP contribution in [0.25, 0.3) is 0 Å². The first-order valence-electron chi connectivity index (χ1n) is 9.81. The van der Waals surface area contributed by atoms with Gasteiger partial charge in [-0.15, -0.1) is 0 Å². The van der Waals surface area contributed by atoms with Gasteiger partial charge in [0.2, 0.25) is 0 Å². The van der Waals surface area contributed by atoms with E-state index in [1.807, 2.05) is 12.4 Å². The fourth-order valence-corrected chi connectivity index (χ4v) is 4.60. The van der Waals surface area contributed by atoms with Crippen LogP contribution in [0.15, 0.2) is 33.8 Å². The van der Waals surface area contributed by atoms with E-state index in [0.29, 0.717) is 10.4 Å². The third kappa shape index (κ3) is 5.01. The molecular weight excluding hydrogens is 469 g/mol. The summed E-state index contributed by atoms with van der Waals surface area (Å²) in [5.74, 6) is -2.21. The van der Waals surface area contributed by atoms with Crippen molar-refractivity contribution in [3.63, 3.8) is 0 Å². The number of likely N-dealkylation sites (tertiary alicyclic amines) is 1. The minimum Gasteiger partial charge on any atom is -0.475 e. The Hall–Kier alpha value is -1.56. The molecule has 7 nitrogen and oxygen atoms in total. The summed E-state index contributed by atoms with van der Waals surface area (Å²) >= 11 is 3.66. The Morgan fingerprint density at radius 1 is 1.27 bits per heavy atom. The number of carboxylic acids is 1. The summed E-state index contributed by atoms with van der Waals surface area (Å²) in [6.07, 6.45) is 5.61. The molecule has 0 amide bonds. The van der Waals surface area contributed by atoms with E-state index in [1.165, 1.54) is 50.2 Å². The Morgan fingerprint density at radius 3 is 2.43 bits per heavy atom. The number of ether oxygens (including phenoxy) is 1. The number of alkyl halides is 3. The normalized spacial score (nSPS) is 28.1. The van der Waals surface area contributed by atoms with Crippen LogP contribution in [0, 0.1) is 5.92 Å². The molecule has 4 aliphatic rings. The van der Waals surface area contributed by atoms with E-state index in [0.717, 1.165) is 24.0 Å². The quantitative estimate of drug-likeness (QED) is 0.471. The molecule has 1 N–H and O–H groups in total. The number of hydrogen-bond acceptors (Lipinski definition) is 5. The Kier molecular flexibility index (Phi) is 7.16. The maximum atomic E-state index is 10.6. The van der Waals surface area contributed by atoms with Gasteiger partial charge in [-0.2, -0.15) is 18.2 Å². The summed E-state index contributed by atoms with van der Waals surface area (Å²) in [5.41, 5.74) is 2.46. The zero-order valence-corrected chi connectivity index (χ0v) is 18.2.